The molecule has 12 nitrogen and oxygen atoms in total. The van der Waals surface area contributed by atoms with E-state index in [1.807, 2.05) is 66.1 Å². The highest BCUT2D eigenvalue weighted by Crippen LogP contribution is 2.41. The second-order valence-electron chi connectivity index (χ2n) is 15.9. The van der Waals surface area contributed by atoms with Crippen molar-refractivity contribution in [3.05, 3.63) is 113 Å². The molecule has 1 aliphatic carbocycles. The zero-order valence-corrected chi connectivity index (χ0v) is 33.7. The molecule has 4 atom stereocenters. The van der Waals surface area contributed by atoms with Crippen LogP contribution in [-0.2, 0) is 14.3 Å². The number of benzene rings is 3. The van der Waals surface area contributed by atoms with Crippen LogP contribution in [0.15, 0.2) is 107 Å². The summed E-state index contributed by atoms with van der Waals surface area (Å²) in [5.74, 6) is 2.05. The van der Waals surface area contributed by atoms with Crippen molar-refractivity contribution in [2.45, 2.75) is 63.7 Å². The van der Waals surface area contributed by atoms with Crippen LogP contribution in [0.3, 0.4) is 0 Å². The molecular formula is C46H49N5O7. The zero-order chi connectivity index (χ0) is 40.6. The van der Waals surface area contributed by atoms with Crippen LogP contribution in [0.25, 0.3) is 11.1 Å². The van der Waals surface area contributed by atoms with Crippen LogP contribution in [-0.4, -0.2) is 92.3 Å². The number of rotatable bonds is 12. The summed E-state index contributed by atoms with van der Waals surface area (Å²) in [6.45, 7) is 7.04. The number of carbonyl (C=O) groups is 2. The van der Waals surface area contributed by atoms with E-state index in [0.717, 1.165) is 33.7 Å². The SMILES string of the molecule is COC1=CC2C(=O)N3C=C(c4ccc(NC(C)(C)C)cc4)C[C@H]3C=NC2C=C1OCCCOc1cc2c(cc1OC)C(=O)N1C=C(c3ccc(OC)cc3)C[C@H]1C=N2. The quantitative estimate of drug-likeness (QED) is 0.185. The summed E-state index contributed by atoms with van der Waals surface area (Å²) in [4.78, 5) is 40.8. The van der Waals surface area contributed by atoms with Gasteiger partial charge in [-0.15, -0.1) is 0 Å². The fourth-order valence-corrected chi connectivity index (χ4v) is 7.88. The number of nitrogens with zero attached hydrogens (tertiary/aromatic N) is 4. The van der Waals surface area contributed by atoms with Crippen molar-refractivity contribution in [2.24, 2.45) is 15.9 Å². The molecule has 5 aliphatic rings. The molecular weight excluding hydrogens is 735 g/mol. The molecule has 0 bridgehead atoms. The van der Waals surface area contributed by atoms with Gasteiger partial charge < -0.3 is 38.8 Å². The fourth-order valence-electron chi connectivity index (χ4n) is 7.88. The lowest BCUT2D eigenvalue weighted by Gasteiger charge is -2.27. The number of ether oxygens (including phenoxy) is 5. The Balaban J connectivity index is 0.875. The summed E-state index contributed by atoms with van der Waals surface area (Å²) in [5.41, 5.74) is 6.26. The molecule has 12 heteroatoms. The van der Waals surface area contributed by atoms with Crippen molar-refractivity contribution in [1.82, 2.24) is 9.80 Å². The maximum absolute atomic E-state index is 13.9. The first-order valence-corrected chi connectivity index (χ1v) is 19.6. The van der Waals surface area contributed by atoms with Gasteiger partial charge in [-0.05, 0) is 85.5 Å². The van der Waals surface area contributed by atoms with Gasteiger partial charge in [-0.1, -0.05) is 24.3 Å². The lowest BCUT2D eigenvalue weighted by atomic mass is 9.92. The molecule has 1 N–H and O–H groups in total. The number of hydrogen-bond donors (Lipinski definition) is 1. The Morgan fingerprint density at radius 1 is 0.741 bits per heavy atom. The van der Waals surface area contributed by atoms with Gasteiger partial charge in [0.2, 0.25) is 5.91 Å². The van der Waals surface area contributed by atoms with Crippen molar-refractivity contribution in [3.8, 4) is 17.2 Å². The van der Waals surface area contributed by atoms with Crippen LogP contribution >= 0.6 is 0 Å². The van der Waals surface area contributed by atoms with Gasteiger partial charge in [0.15, 0.2) is 23.0 Å². The number of amides is 2. The summed E-state index contributed by atoms with van der Waals surface area (Å²) in [5, 5.41) is 3.49. The molecule has 0 radical (unpaired) electrons. The van der Waals surface area contributed by atoms with Crippen molar-refractivity contribution in [2.75, 3.05) is 39.9 Å². The average Bonchev–Trinajstić information content (AvgIpc) is 3.80. The van der Waals surface area contributed by atoms with E-state index in [1.165, 1.54) is 0 Å². The zero-order valence-electron chi connectivity index (χ0n) is 33.7. The highest BCUT2D eigenvalue weighted by atomic mass is 16.5. The van der Waals surface area contributed by atoms with Gasteiger partial charge in [0, 0.05) is 61.4 Å². The Labute approximate surface area is 339 Å². The number of carbonyl (C=O) groups excluding carboxylic acids is 2. The predicted octanol–water partition coefficient (Wildman–Crippen LogP) is 7.81. The van der Waals surface area contributed by atoms with E-state index in [9.17, 15) is 9.59 Å². The lowest BCUT2D eigenvalue weighted by molar-refractivity contribution is -0.131. The van der Waals surface area contributed by atoms with Crippen molar-refractivity contribution in [1.29, 1.82) is 0 Å². The number of hydrogen-bond acceptors (Lipinski definition) is 10. The molecule has 0 fully saturated rings. The molecule has 0 saturated heterocycles. The second-order valence-corrected chi connectivity index (χ2v) is 15.9. The van der Waals surface area contributed by atoms with E-state index in [0.29, 0.717) is 66.7 Å². The molecule has 300 valence electrons. The first kappa shape index (κ1) is 38.6. The molecule has 8 rings (SSSR count). The fraction of sp³-hybridized carbons (Fsp3) is 0.348. The number of aliphatic imine (C=N–C) groups is 2. The Morgan fingerprint density at radius 3 is 2.09 bits per heavy atom. The standard InChI is InChI=1S/C46H49N5O7/c1-46(2,3)49-32-12-8-28(9-13-32)30-18-33-24-47-38-22-42(40(55-5)20-36(38)44(52)50(33)26-30)57-16-7-17-58-43-23-39-37(21-41(43)56-6)45(53)51-27-31(19-34(51)25-48-39)29-10-14-35(54-4)15-11-29/h8-15,20-27,33-34,36,38,49H,7,16-19H2,1-6H3/t33-,34-,36?,38?/m0/s1. The number of nitrogens with one attached hydrogen (secondary N) is 1. The van der Waals surface area contributed by atoms with Gasteiger partial charge in [0.1, 0.15) is 5.75 Å². The number of fused-ring (bicyclic) bond motifs is 4. The first-order chi connectivity index (χ1) is 28.0. The van der Waals surface area contributed by atoms with Crippen LogP contribution < -0.4 is 19.5 Å². The molecule has 0 saturated carbocycles. The molecule has 2 amide bonds. The van der Waals surface area contributed by atoms with Crippen LogP contribution in [0.1, 0.15) is 61.5 Å². The first-order valence-electron chi connectivity index (χ1n) is 19.6. The van der Waals surface area contributed by atoms with Crippen molar-refractivity contribution < 1.29 is 33.3 Å². The van der Waals surface area contributed by atoms with Crippen molar-refractivity contribution in [3.63, 3.8) is 0 Å². The summed E-state index contributed by atoms with van der Waals surface area (Å²) in [7, 11) is 4.76. The highest BCUT2D eigenvalue weighted by molar-refractivity contribution is 6.05. The van der Waals surface area contributed by atoms with E-state index < -0.39 is 12.0 Å². The second kappa shape index (κ2) is 15.9. The Hall–Kier alpha value is -6.30. The van der Waals surface area contributed by atoms with Gasteiger partial charge in [0.05, 0.1) is 69.8 Å². The van der Waals surface area contributed by atoms with E-state index in [4.69, 9.17) is 33.7 Å². The van der Waals surface area contributed by atoms with Crippen molar-refractivity contribution >= 4 is 46.8 Å². The van der Waals surface area contributed by atoms with E-state index in [1.54, 1.807) is 38.4 Å². The minimum absolute atomic E-state index is 0.0253. The number of anilines is 1. The summed E-state index contributed by atoms with van der Waals surface area (Å²) >= 11 is 0. The Morgan fingerprint density at radius 2 is 1.41 bits per heavy atom. The van der Waals surface area contributed by atoms with E-state index >= 15 is 0 Å². The van der Waals surface area contributed by atoms with Crippen LogP contribution in [0.5, 0.6) is 17.2 Å². The van der Waals surface area contributed by atoms with Gasteiger partial charge in [0.25, 0.3) is 5.91 Å². The third kappa shape index (κ3) is 7.83. The van der Waals surface area contributed by atoms with Crippen LogP contribution in [0.2, 0.25) is 0 Å². The molecule has 4 heterocycles. The van der Waals surface area contributed by atoms with Crippen LogP contribution in [0, 0.1) is 5.92 Å². The van der Waals surface area contributed by atoms with Gasteiger partial charge >= 0.3 is 0 Å². The van der Waals surface area contributed by atoms with Gasteiger partial charge in [-0.3, -0.25) is 19.6 Å². The van der Waals surface area contributed by atoms with E-state index in [-0.39, 0.29) is 29.4 Å². The Kier molecular flexibility index (Phi) is 10.6. The van der Waals surface area contributed by atoms with Gasteiger partial charge in [-0.25, -0.2) is 0 Å². The largest absolute Gasteiger partial charge is 0.497 e. The molecule has 0 spiro atoms. The molecule has 4 aliphatic heterocycles. The molecule has 3 aromatic rings. The maximum atomic E-state index is 13.9. The molecule has 58 heavy (non-hydrogen) atoms. The monoisotopic (exact) mass is 783 g/mol. The normalized spacial score (nSPS) is 22.0. The van der Waals surface area contributed by atoms with Crippen LogP contribution in [0.4, 0.5) is 11.4 Å². The highest BCUT2D eigenvalue weighted by Gasteiger charge is 2.40. The Bertz CT molecular complexity index is 2270. The molecule has 0 aromatic heterocycles. The number of methoxy groups -OCH3 is 3. The maximum Gasteiger partial charge on any atom is 0.260 e. The summed E-state index contributed by atoms with van der Waals surface area (Å²) in [6, 6.07) is 18.8. The minimum atomic E-state index is -0.515. The molecule has 3 aromatic carbocycles. The summed E-state index contributed by atoms with van der Waals surface area (Å²) < 4.78 is 29.0. The predicted molar refractivity (Wildman–Crippen MR) is 225 cm³/mol. The molecule has 2 unspecified atom stereocenters. The smallest absolute Gasteiger partial charge is 0.260 e. The van der Waals surface area contributed by atoms with Gasteiger partial charge in [-0.2, -0.15) is 0 Å². The topological polar surface area (TPSA) is 124 Å². The summed E-state index contributed by atoms with van der Waals surface area (Å²) in [6.07, 6.45) is 13.2. The van der Waals surface area contributed by atoms with E-state index in [2.05, 4.69) is 50.4 Å². The third-order valence-electron chi connectivity index (χ3n) is 10.8. The lowest BCUT2D eigenvalue weighted by Crippen LogP contribution is -2.39. The third-order valence-corrected chi connectivity index (χ3v) is 10.8. The average molecular weight is 784 g/mol. The minimum Gasteiger partial charge on any atom is -0.497 e.